The lowest BCUT2D eigenvalue weighted by atomic mass is 9.85. The Balaban J connectivity index is 1.52. The molecule has 1 aliphatic heterocycles. The van der Waals surface area contributed by atoms with Crippen molar-refractivity contribution < 1.29 is 14.8 Å². The fraction of sp³-hybridized carbons (Fsp3) is 0.409. The number of piperidine rings is 1. The molecule has 1 fully saturated rings. The number of nitrogens with zero attached hydrogens (tertiary/aromatic N) is 2. The summed E-state index contributed by atoms with van der Waals surface area (Å²) in [4.78, 5) is 25.5. The molecular weight excluding hydrogens is 356 g/mol. The van der Waals surface area contributed by atoms with Crippen molar-refractivity contribution in [2.45, 2.75) is 37.3 Å². The Kier molecular flexibility index (Phi) is 6.54. The van der Waals surface area contributed by atoms with Crippen LogP contribution in [0, 0.1) is 10.1 Å². The molecule has 6 heteroatoms. The Morgan fingerprint density at radius 3 is 2.21 bits per heavy atom. The molecule has 0 aliphatic carbocycles. The predicted molar refractivity (Wildman–Crippen MR) is 107 cm³/mol. The fourth-order valence-electron chi connectivity index (χ4n) is 3.78. The van der Waals surface area contributed by atoms with Gasteiger partial charge in [0.05, 0.1) is 5.60 Å². The van der Waals surface area contributed by atoms with E-state index in [1.165, 1.54) is 0 Å². The summed E-state index contributed by atoms with van der Waals surface area (Å²) in [5.74, 6) is -0.441. The summed E-state index contributed by atoms with van der Waals surface area (Å²) < 4.78 is 0. The molecule has 0 aromatic heterocycles. The molecule has 1 N–H and O–H groups in total. The molecule has 0 saturated carbocycles. The second kappa shape index (κ2) is 9.08. The number of aliphatic hydroxyl groups is 1. The van der Waals surface area contributed by atoms with E-state index in [0.717, 1.165) is 5.56 Å². The first-order valence-corrected chi connectivity index (χ1v) is 9.68. The smallest absolute Gasteiger partial charge is 0.276 e. The van der Waals surface area contributed by atoms with Gasteiger partial charge in [0.2, 0.25) is 5.78 Å². The van der Waals surface area contributed by atoms with E-state index >= 15 is 0 Å². The number of ketones is 1. The Morgan fingerprint density at radius 2 is 1.64 bits per heavy atom. The molecule has 2 aromatic rings. The molecule has 0 radical (unpaired) electrons. The van der Waals surface area contributed by atoms with Crippen LogP contribution in [-0.2, 0) is 6.42 Å². The van der Waals surface area contributed by atoms with Gasteiger partial charge in [-0.2, -0.15) is 0 Å². The minimum atomic E-state index is -1.23. The number of hydrogen-bond donors (Lipinski definition) is 1. The number of nitro groups is 1. The van der Waals surface area contributed by atoms with Crippen LogP contribution in [0.3, 0.4) is 0 Å². The normalized spacial score (nSPS) is 17.8. The average molecular weight is 382 g/mol. The molecule has 1 heterocycles. The second-order valence-corrected chi connectivity index (χ2v) is 7.55. The molecule has 1 unspecified atom stereocenters. The Bertz CT molecular complexity index is 787. The quantitative estimate of drug-likeness (QED) is 0.431. The highest BCUT2D eigenvalue weighted by Gasteiger charge is 2.35. The van der Waals surface area contributed by atoms with E-state index in [1.54, 1.807) is 30.3 Å². The van der Waals surface area contributed by atoms with Crippen LogP contribution in [0.1, 0.15) is 35.2 Å². The van der Waals surface area contributed by atoms with Crippen LogP contribution in [0.4, 0.5) is 0 Å². The highest BCUT2D eigenvalue weighted by atomic mass is 16.6. The molecular formula is C22H26N2O4. The van der Waals surface area contributed by atoms with Crippen LogP contribution in [-0.4, -0.2) is 52.0 Å². The molecule has 28 heavy (non-hydrogen) atoms. The maximum absolute atomic E-state index is 12.5. The van der Waals surface area contributed by atoms with Crippen molar-refractivity contribution in [3.8, 4) is 0 Å². The largest absolute Gasteiger partial charge is 0.389 e. The average Bonchev–Trinajstić information content (AvgIpc) is 2.70. The van der Waals surface area contributed by atoms with Crippen LogP contribution >= 0.6 is 0 Å². The zero-order valence-electron chi connectivity index (χ0n) is 15.9. The summed E-state index contributed by atoms with van der Waals surface area (Å²) in [5, 5.41) is 22.3. The third kappa shape index (κ3) is 5.24. The standard InChI is InChI=1S/C22H26N2O4/c25-21(19-9-5-2-6-10-19)20(24(27)28)11-14-23-15-12-22(26,13-16-23)17-18-7-3-1-4-8-18/h1-10,20,26H,11-17H2. The van der Waals surface area contributed by atoms with E-state index in [1.807, 2.05) is 30.3 Å². The highest BCUT2D eigenvalue weighted by molar-refractivity contribution is 5.99. The molecule has 0 spiro atoms. The second-order valence-electron chi connectivity index (χ2n) is 7.55. The molecule has 1 saturated heterocycles. The lowest BCUT2D eigenvalue weighted by Crippen LogP contribution is -2.46. The van der Waals surface area contributed by atoms with E-state index in [9.17, 15) is 20.0 Å². The topological polar surface area (TPSA) is 83.7 Å². The van der Waals surface area contributed by atoms with Crippen LogP contribution in [0.15, 0.2) is 60.7 Å². The first-order valence-electron chi connectivity index (χ1n) is 9.68. The third-order valence-corrected chi connectivity index (χ3v) is 5.50. The van der Waals surface area contributed by atoms with Gasteiger partial charge >= 0.3 is 0 Å². The number of carbonyl (C=O) groups excluding carboxylic acids is 1. The maximum atomic E-state index is 12.5. The first-order chi connectivity index (χ1) is 13.5. The number of hydrogen-bond acceptors (Lipinski definition) is 5. The minimum Gasteiger partial charge on any atom is -0.389 e. The fourth-order valence-corrected chi connectivity index (χ4v) is 3.78. The summed E-state index contributed by atoms with van der Waals surface area (Å²) in [6.07, 6.45) is 2.04. The number of rotatable bonds is 8. The molecule has 148 valence electrons. The number of Topliss-reactive ketones (excluding diaryl/α,β-unsaturated/α-hetero) is 1. The zero-order valence-corrected chi connectivity index (χ0v) is 15.9. The van der Waals surface area contributed by atoms with Crippen LogP contribution in [0.5, 0.6) is 0 Å². The summed E-state index contributed by atoms with van der Waals surface area (Å²) in [7, 11) is 0. The lowest BCUT2D eigenvalue weighted by molar-refractivity contribution is -0.506. The zero-order chi connectivity index (χ0) is 20.0. The first kappa shape index (κ1) is 20.2. The maximum Gasteiger partial charge on any atom is 0.276 e. The van der Waals surface area contributed by atoms with Crippen molar-refractivity contribution in [3.63, 3.8) is 0 Å². The van der Waals surface area contributed by atoms with Gasteiger partial charge in [-0.25, -0.2) is 0 Å². The monoisotopic (exact) mass is 382 g/mol. The lowest BCUT2D eigenvalue weighted by Gasteiger charge is -2.38. The molecule has 0 amide bonds. The number of likely N-dealkylation sites (tertiary alicyclic amines) is 1. The van der Waals surface area contributed by atoms with Gasteiger partial charge in [-0.15, -0.1) is 0 Å². The Morgan fingerprint density at radius 1 is 1.07 bits per heavy atom. The van der Waals surface area contributed by atoms with Gasteiger partial charge in [0.15, 0.2) is 0 Å². The van der Waals surface area contributed by atoms with E-state index in [-0.39, 0.29) is 6.42 Å². The molecule has 6 nitrogen and oxygen atoms in total. The van der Waals surface area contributed by atoms with Crippen LogP contribution in [0.25, 0.3) is 0 Å². The molecule has 1 aliphatic rings. The van der Waals surface area contributed by atoms with Gasteiger partial charge in [-0.05, 0) is 18.4 Å². The summed E-state index contributed by atoms with van der Waals surface area (Å²) >= 11 is 0. The van der Waals surface area contributed by atoms with Crippen molar-refractivity contribution in [3.05, 3.63) is 81.9 Å². The highest BCUT2D eigenvalue weighted by Crippen LogP contribution is 2.26. The van der Waals surface area contributed by atoms with Gasteiger partial charge in [-0.1, -0.05) is 60.7 Å². The minimum absolute atomic E-state index is 0.178. The predicted octanol–water partition coefficient (Wildman–Crippen LogP) is 2.97. The van der Waals surface area contributed by atoms with Crippen LogP contribution < -0.4 is 0 Å². The van der Waals surface area contributed by atoms with Gasteiger partial charge < -0.3 is 10.0 Å². The summed E-state index contributed by atoms with van der Waals surface area (Å²) in [6.45, 7) is 1.83. The van der Waals surface area contributed by atoms with Gasteiger partial charge in [0, 0.05) is 43.0 Å². The Labute approximate surface area is 165 Å². The molecule has 2 aromatic carbocycles. The molecule has 0 bridgehead atoms. The van der Waals surface area contributed by atoms with E-state index in [2.05, 4.69) is 4.90 Å². The van der Waals surface area contributed by atoms with Gasteiger partial charge in [0.25, 0.3) is 6.04 Å². The molecule has 3 rings (SSSR count). The number of carbonyl (C=O) groups is 1. The van der Waals surface area contributed by atoms with Crippen molar-refractivity contribution in [2.24, 2.45) is 0 Å². The van der Waals surface area contributed by atoms with Crippen molar-refractivity contribution in [2.75, 3.05) is 19.6 Å². The van der Waals surface area contributed by atoms with E-state index < -0.39 is 22.3 Å². The number of benzene rings is 2. The van der Waals surface area contributed by atoms with Crippen molar-refractivity contribution in [1.29, 1.82) is 0 Å². The van der Waals surface area contributed by atoms with Crippen molar-refractivity contribution >= 4 is 5.78 Å². The Hall–Kier alpha value is -2.57. The van der Waals surface area contributed by atoms with Gasteiger partial charge in [0.1, 0.15) is 0 Å². The van der Waals surface area contributed by atoms with E-state index in [0.29, 0.717) is 44.5 Å². The van der Waals surface area contributed by atoms with Crippen LogP contribution in [0.2, 0.25) is 0 Å². The van der Waals surface area contributed by atoms with E-state index in [4.69, 9.17) is 0 Å². The van der Waals surface area contributed by atoms with Gasteiger partial charge in [-0.3, -0.25) is 14.9 Å². The SMILES string of the molecule is O=C(c1ccccc1)C(CCN1CCC(O)(Cc2ccccc2)CC1)[N+](=O)[O-]. The third-order valence-electron chi connectivity index (χ3n) is 5.50. The van der Waals surface area contributed by atoms with Crippen molar-refractivity contribution in [1.82, 2.24) is 4.90 Å². The summed E-state index contributed by atoms with van der Waals surface area (Å²) in [5.41, 5.74) is 0.751. The molecule has 1 atom stereocenters. The summed E-state index contributed by atoms with van der Waals surface area (Å²) in [6, 6.07) is 17.1.